The first-order chi connectivity index (χ1) is 11.9. The van der Waals surface area contributed by atoms with Crippen molar-refractivity contribution in [2.45, 2.75) is 39.5 Å². The predicted octanol–water partition coefficient (Wildman–Crippen LogP) is 2.45. The molecule has 0 radical (unpaired) electrons. The molecule has 1 atom stereocenters. The van der Waals surface area contributed by atoms with Gasteiger partial charge >= 0.3 is 0 Å². The number of aliphatic hydroxyl groups is 1. The zero-order valence-electron chi connectivity index (χ0n) is 15.3. The molecule has 0 aromatic heterocycles. The molecule has 0 aliphatic carbocycles. The van der Waals surface area contributed by atoms with E-state index in [0.29, 0.717) is 25.2 Å². The number of carbonyl (C=O) groups is 2. The number of amides is 2. The fraction of sp³-hybridized carbons (Fsp3) is 0.600. The summed E-state index contributed by atoms with van der Waals surface area (Å²) in [6.45, 7) is 6.00. The number of benzene rings is 1. The summed E-state index contributed by atoms with van der Waals surface area (Å²) < 4.78 is 0. The van der Waals surface area contributed by atoms with Crippen LogP contribution in [-0.2, 0) is 4.79 Å². The Morgan fingerprint density at radius 1 is 1.28 bits per heavy atom. The molecule has 5 nitrogen and oxygen atoms in total. The highest BCUT2D eigenvalue weighted by molar-refractivity contribution is 5.94. The third-order valence-corrected chi connectivity index (χ3v) is 4.86. The van der Waals surface area contributed by atoms with E-state index in [2.05, 4.69) is 5.32 Å². The van der Waals surface area contributed by atoms with Gasteiger partial charge in [-0.3, -0.25) is 9.59 Å². The average Bonchev–Trinajstić information content (AvgIpc) is 2.65. The zero-order chi connectivity index (χ0) is 18.3. The lowest BCUT2D eigenvalue weighted by molar-refractivity contribution is -0.126. The Morgan fingerprint density at radius 3 is 2.68 bits per heavy atom. The lowest BCUT2D eigenvalue weighted by Gasteiger charge is -2.32. The molecule has 1 aliphatic heterocycles. The Labute approximate surface area is 150 Å². The highest BCUT2D eigenvalue weighted by Crippen LogP contribution is 2.21. The van der Waals surface area contributed by atoms with E-state index in [0.717, 1.165) is 25.7 Å². The number of carbonyl (C=O) groups excluding carboxylic acids is 2. The van der Waals surface area contributed by atoms with Crippen molar-refractivity contribution in [1.82, 2.24) is 10.2 Å². The van der Waals surface area contributed by atoms with Gasteiger partial charge in [0.05, 0.1) is 5.92 Å². The van der Waals surface area contributed by atoms with Gasteiger partial charge < -0.3 is 15.3 Å². The molecule has 1 unspecified atom stereocenters. The van der Waals surface area contributed by atoms with E-state index in [4.69, 9.17) is 0 Å². The zero-order valence-corrected chi connectivity index (χ0v) is 15.3. The second-order valence-electron chi connectivity index (χ2n) is 7.67. The molecule has 1 aromatic rings. The SMILES string of the molecule is CC(C)(CO)CCCNC(=O)C1CCCN(C(=O)c2ccccc2)C1. The summed E-state index contributed by atoms with van der Waals surface area (Å²) in [5, 5.41) is 12.2. The van der Waals surface area contributed by atoms with Crippen molar-refractivity contribution in [2.24, 2.45) is 11.3 Å². The molecule has 5 heteroatoms. The van der Waals surface area contributed by atoms with Gasteiger partial charge in [-0.15, -0.1) is 0 Å². The molecule has 0 bridgehead atoms. The number of likely N-dealkylation sites (tertiary alicyclic amines) is 1. The number of piperidine rings is 1. The van der Waals surface area contributed by atoms with Crippen LogP contribution in [0.1, 0.15) is 49.9 Å². The summed E-state index contributed by atoms with van der Waals surface area (Å²) in [5.41, 5.74) is 0.573. The van der Waals surface area contributed by atoms with E-state index in [1.807, 2.05) is 44.2 Å². The van der Waals surface area contributed by atoms with Gasteiger partial charge in [-0.2, -0.15) is 0 Å². The summed E-state index contributed by atoms with van der Waals surface area (Å²) in [5.74, 6) is -0.0950. The standard InChI is InChI=1S/C20H30N2O3/c1-20(2,15-23)11-7-12-21-18(24)17-10-6-13-22(14-17)19(25)16-8-4-3-5-9-16/h3-5,8-9,17,23H,6-7,10-15H2,1-2H3,(H,21,24). The first kappa shape index (κ1) is 19.4. The first-order valence-corrected chi connectivity index (χ1v) is 9.16. The molecule has 0 spiro atoms. The average molecular weight is 346 g/mol. The van der Waals surface area contributed by atoms with Gasteiger partial charge in [0.1, 0.15) is 0 Å². The molecule has 1 aliphatic rings. The van der Waals surface area contributed by atoms with Crippen molar-refractivity contribution in [2.75, 3.05) is 26.2 Å². The minimum Gasteiger partial charge on any atom is -0.396 e. The maximum absolute atomic E-state index is 12.5. The lowest BCUT2D eigenvalue weighted by atomic mass is 9.89. The van der Waals surface area contributed by atoms with Crippen molar-refractivity contribution in [3.63, 3.8) is 0 Å². The molecule has 138 valence electrons. The molecular formula is C20H30N2O3. The van der Waals surface area contributed by atoms with E-state index < -0.39 is 0 Å². The first-order valence-electron chi connectivity index (χ1n) is 9.16. The van der Waals surface area contributed by atoms with E-state index >= 15 is 0 Å². The second kappa shape index (κ2) is 8.99. The summed E-state index contributed by atoms with van der Waals surface area (Å²) in [6.07, 6.45) is 3.40. The molecule has 1 fully saturated rings. The van der Waals surface area contributed by atoms with Crippen LogP contribution >= 0.6 is 0 Å². The van der Waals surface area contributed by atoms with Gasteiger partial charge in [0, 0.05) is 31.8 Å². The van der Waals surface area contributed by atoms with Crippen LogP contribution in [0.15, 0.2) is 30.3 Å². The molecule has 25 heavy (non-hydrogen) atoms. The number of nitrogens with zero attached hydrogens (tertiary/aromatic N) is 1. The van der Waals surface area contributed by atoms with E-state index in [1.54, 1.807) is 4.90 Å². The minimum absolute atomic E-state index is 0.00259. The molecule has 1 saturated heterocycles. The largest absolute Gasteiger partial charge is 0.396 e. The molecule has 2 rings (SSSR count). The van der Waals surface area contributed by atoms with Gasteiger partial charge in [0.25, 0.3) is 5.91 Å². The van der Waals surface area contributed by atoms with Crippen LogP contribution in [0, 0.1) is 11.3 Å². The molecule has 0 saturated carbocycles. The van der Waals surface area contributed by atoms with Crippen molar-refractivity contribution in [1.29, 1.82) is 0 Å². The van der Waals surface area contributed by atoms with E-state index in [-0.39, 0.29) is 29.8 Å². The van der Waals surface area contributed by atoms with E-state index in [9.17, 15) is 14.7 Å². The Morgan fingerprint density at radius 2 is 2.00 bits per heavy atom. The van der Waals surface area contributed by atoms with Crippen molar-refractivity contribution >= 4 is 11.8 Å². The van der Waals surface area contributed by atoms with Crippen LogP contribution in [0.5, 0.6) is 0 Å². The molecule has 1 heterocycles. The maximum atomic E-state index is 12.5. The number of hydrogen-bond donors (Lipinski definition) is 2. The second-order valence-corrected chi connectivity index (χ2v) is 7.67. The number of rotatable bonds is 7. The normalized spacial score (nSPS) is 18.0. The van der Waals surface area contributed by atoms with Crippen LogP contribution in [0.3, 0.4) is 0 Å². The van der Waals surface area contributed by atoms with Crippen LogP contribution in [0.2, 0.25) is 0 Å². The third-order valence-electron chi connectivity index (χ3n) is 4.86. The quantitative estimate of drug-likeness (QED) is 0.745. The van der Waals surface area contributed by atoms with Gasteiger partial charge in [0.15, 0.2) is 0 Å². The minimum atomic E-state index is -0.132. The lowest BCUT2D eigenvalue weighted by Crippen LogP contribution is -2.45. The topological polar surface area (TPSA) is 69.6 Å². The van der Waals surface area contributed by atoms with Crippen LogP contribution in [-0.4, -0.2) is 48.1 Å². The van der Waals surface area contributed by atoms with E-state index in [1.165, 1.54) is 0 Å². The van der Waals surface area contributed by atoms with Crippen molar-refractivity contribution in [3.8, 4) is 0 Å². The van der Waals surface area contributed by atoms with Crippen molar-refractivity contribution < 1.29 is 14.7 Å². The molecule has 1 aromatic carbocycles. The maximum Gasteiger partial charge on any atom is 0.253 e. The molecular weight excluding hydrogens is 316 g/mol. The number of nitrogens with one attached hydrogen (secondary N) is 1. The Kier molecular flexibility index (Phi) is 7.00. The van der Waals surface area contributed by atoms with Crippen LogP contribution in [0.25, 0.3) is 0 Å². The Hall–Kier alpha value is -1.88. The summed E-state index contributed by atoms with van der Waals surface area (Å²) in [4.78, 5) is 26.7. The number of aliphatic hydroxyl groups excluding tert-OH is 1. The molecule has 2 N–H and O–H groups in total. The summed E-state index contributed by atoms with van der Waals surface area (Å²) >= 11 is 0. The van der Waals surface area contributed by atoms with Gasteiger partial charge in [-0.1, -0.05) is 32.0 Å². The monoisotopic (exact) mass is 346 g/mol. The van der Waals surface area contributed by atoms with Crippen molar-refractivity contribution in [3.05, 3.63) is 35.9 Å². The number of hydrogen-bond acceptors (Lipinski definition) is 3. The summed E-state index contributed by atoms with van der Waals surface area (Å²) in [6, 6.07) is 9.23. The highest BCUT2D eigenvalue weighted by atomic mass is 16.3. The fourth-order valence-corrected chi connectivity index (χ4v) is 3.14. The molecule has 2 amide bonds. The van der Waals surface area contributed by atoms with Gasteiger partial charge in [-0.25, -0.2) is 0 Å². The smallest absolute Gasteiger partial charge is 0.253 e. The highest BCUT2D eigenvalue weighted by Gasteiger charge is 2.28. The fourth-order valence-electron chi connectivity index (χ4n) is 3.14. The Balaban J connectivity index is 1.80. The van der Waals surface area contributed by atoms with Gasteiger partial charge in [0.2, 0.25) is 5.91 Å². The van der Waals surface area contributed by atoms with Crippen LogP contribution < -0.4 is 5.32 Å². The van der Waals surface area contributed by atoms with Crippen LogP contribution in [0.4, 0.5) is 0 Å². The predicted molar refractivity (Wildman–Crippen MR) is 98.2 cm³/mol. The Bertz CT molecular complexity index is 572. The van der Waals surface area contributed by atoms with Gasteiger partial charge in [-0.05, 0) is 43.2 Å². The third kappa shape index (κ3) is 5.85. The summed E-state index contributed by atoms with van der Waals surface area (Å²) in [7, 11) is 0.